The first-order valence-corrected chi connectivity index (χ1v) is 7.92. The summed E-state index contributed by atoms with van der Waals surface area (Å²) in [6.45, 7) is 5.37. The summed E-state index contributed by atoms with van der Waals surface area (Å²) in [6, 6.07) is 4.50. The van der Waals surface area contributed by atoms with Crippen LogP contribution in [0.1, 0.15) is 17.3 Å². The highest BCUT2D eigenvalue weighted by Crippen LogP contribution is 2.25. The molecule has 0 aromatic heterocycles. The van der Waals surface area contributed by atoms with Crippen LogP contribution in [0.5, 0.6) is 0 Å². The van der Waals surface area contributed by atoms with Gasteiger partial charge in [0.2, 0.25) is 10.0 Å². The number of benzene rings is 1. The van der Waals surface area contributed by atoms with Crippen LogP contribution in [0.4, 0.5) is 5.69 Å². The minimum atomic E-state index is -3.46. The fourth-order valence-corrected chi connectivity index (χ4v) is 2.82. The summed E-state index contributed by atoms with van der Waals surface area (Å²) in [7, 11) is -3.46. The lowest BCUT2D eigenvalue weighted by molar-refractivity contribution is 0.0526. The van der Waals surface area contributed by atoms with Gasteiger partial charge in [0.25, 0.3) is 0 Å². The number of carbonyl (C=O) groups is 1. The van der Waals surface area contributed by atoms with Crippen LogP contribution in [0.2, 0.25) is 0 Å². The number of anilines is 1. The fraction of sp³-hybridized carbons (Fsp3) is 0.250. The average molecular weight is 348 g/mol. The van der Waals surface area contributed by atoms with E-state index in [1.807, 2.05) is 0 Å². The van der Waals surface area contributed by atoms with Gasteiger partial charge in [-0.25, -0.2) is 13.2 Å². The van der Waals surface area contributed by atoms with Gasteiger partial charge in [0.15, 0.2) is 0 Å². The average Bonchev–Trinajstić information content (AvgIpc) is 2.31. The van der Waals surface area contributed by atoms with E-state index >= 15 is 0 Å². The first-order chi connectivity index (χ1) is 8.89. The van der Waals surface area contributed by atoms with Crippen molar-refractivity contribution >= 4 is 37.6 Å². The Morgan fingerprint density at radius 3 is 2.74 bits per heavy atom. The Morgan fingerprint density at radius 1 is 1.53 bits per heavy atom. The minimum absolute atomic E-state index is 0.181. The second-order valence-electron chi connectivity index (χ2n) is 3.59. The molecule has 0 saturated carbocycles. The van der Waals surface area contributed by atoms with Gasteiger partial charge in [-0.1, -0.05) is 6.08 Å². The Hall–Kier alpha value is -1.34. The van der Waals surface area contributed by atoms with Gasteiger partial charge in [0.1, 0.15) is 0 Å². The molecule has 7 heteroatoms. The molecule has 104 valence electrons. The maximum atomic E-state index is 11.6. The Morgan fingerprint density at radius 2 is 2.21 bits per heavy atom. The predicted octanol–water partition coefficient (Wildman–Crippen LogP) is 2.55. The third-order valence-corrected chi connectivity index (χ3v) is 3.94. The van der Waals surface area contributed by atoms with Crippen LogP contribution in [-0.2, 0) is 14.8 Å². The van der Waals surface area contributed by atoms with Crippen molar-refractivity contribution in [3.63, 3.8) is 0 Å². The number of nitrogens with one attached hydrogen (secondary N) is 1. The lowest BCUT2D eigenvalue weighted by Crippen LogP contribution is -2.15. The van der Waals surface area contributed by atoms with Gasteiger partial charge in [-0.15, -0.1) is 6.58 Å². The van der Waals surface area contributed by atoms with E-state index in [0.717, 1.165) is 0 Å². The number of carbonyl (C=O) groups excluding carboxylic acids is 1. The minimum Gasteiger partial charge on any atom is -0.462 e. The molecule has 19 heavy (non-hydrogen) atoms. The van der Waals surface area contributed by atoms with Gasteiger partial charge in [-0.3, -0.25) is 4.72 Å². The standard InChI is InChI=1S/C12H14BrNO4S/c1-3-7-19(16,17)14-11-6-5-9(8-10(11)13)12(15)18-4-2/h3,5-6,8,14H,1,4,7H2,2H3. The highest BCUT2D eigenvalue weighted by atomic mass is 79.9. The zero-order valence-corrected chi connectivity index (χ0v) is 12.8. The fourth-order valence-electron chi connectivity index (χ4n) is 1.30. The molecule has 0 spiro atoms. The van der Waals surface area contributed by atoms with Crippen LogP contribution in [-0.4, -0.2) is 26.7 Å². The Balaban J connectivity index is 2.95. The van der Waals surface area contributed by atoms with Crippen molar-refractivity contribution in [2.45, 2.75) is 6.92 Å². The molecule has 0 fully saturated rings. The van der Waals surface area contributed by atoms with Crippen molar-refractivity contribution in [2.75, 3.05) is 17.1 Å². The highest BCUT2D eigenvalue weighted by Gasteiger charge is 2.13. The summed E-state index contributed by atoms with van der Waals surface area (Å²) in [6.07, 6.45) is 1.29. The maximum Gasteiger partial charge on any atom is 0.338 e. The summed E-state index contributed by atoms with van der Waals surface area (Å²) >= 11 is 3.21. The number of hydrogen-bond acceptors (Lipinski definition) is 4. The van der Waals surface area contributed by atoms with Gasteiger partial charge in [-0.05, 0) is 41.1 Å². The predicted molar refractivity (Wildman–Crippen MR) is 77.7 cm³/mol. The number of sulfonamides is 1. The molecule has 1 rings (SSSR count). The summed E-state index contributed by atoms with van der Waals surface area (Å²) in [5, 5.41) is 0. The molecule has 1 aromatic carbocycles. The number of esters is 1. The molecule has 0 unspecified atom stereocenters. The normalized spacial score (nSPS) is 10.8. The zero-order valence-electron chi connectivity index (χ0n) is 10.3. The van der Waals surface area contributed by atoms with Crippen LogP contribution in [0.25, 0.3) is 0 Å². The van der Waals surface area contributed by atoms with Gasteiger partial charge >= 0.3 is 5.97 Å². The van der Waals surface area contributed by atoms with Gasteiger partial charge < -0.3 is 4.74 Å². The lowest BCUT2D eigenvalue weighted by atomic mass is 10.2. The van der Waals surface area contributed by atoms with Crippen molar-refractivity contribution in [2.24, 2.45) is 0 Å². The first-order valence-electron chi connectivity index (χ1n) is 5.47. The van der Waals surface area contributed by atoms with Crippen molar-refractivity contribution in [1.29, 1.82) is 0 Å². The SMILES string of the molecule is C=CCS(=O)(=O)Nc1ccc(C(=O)OCC)cc1Br. The summed E-state index contributed by atoms with van der Waals surface area (Å²) in [4.78, 5) is 11.5. The maximum absolute atomic E-state index is 11.6. The molecule has 0 heterocycles. The molecule has 1 N–H and O–H groups in total. The molecule has 0 radical (unpaired) electrons. The second-order valence-corrected chi connectivity index (χ2v) is 6.21. The number of halogens is 1. The molecule has 1 aromatic rings. The van der Waals surface area contributed by atoms with Gasteiger partial charge in [0.05, 0.1) is 23.6 Å². The third-order valence-electron chi connectivity index (χ3n) is 2.08. The topological polar surface area (TPSA) is 72.5 Å². The molecular formula is C12H14BrNO4S. The van der Waals surface area contributed by atoms with Crippen molar-refractivity contribution in [1.82, 2.24) is 0 Å². The Kier molecular flexibility index (Phi) is 5.56. The lowest BCUT2D eigenvalue weighted by Gasteiger charge is -2.09. The van der Waals surface area contributed by atoms with Gasteiger partial charge in [0, 0.05) is 4.47 Å². The molecular weight excluding hydrogens is 334 g/mol. The molecule has 0 atom stereocenters. The second kappa shape index (κ2) is 6.72. The van der Waals surface area contributed by atoms with Crippen molar-refractivity contribution in [3.8, 4) is 0 Å². The zero-order chi connectivity index (χ0) is 14.5. The number of hydrogen-bond donors (Lipinski definition) is 1. The van der Waals surface area contributed by atoms with Crippen LogP contribution in [0.3, 0.4) is 0 Å². The molecule has 0 aliphatic rings. The van der Waals surface area contributed by atoms with Crippen molar-refractivity contribution in [3.05, 3.63) is 40.9 Å². The first kappa shape index (κ1) is 15.7. The van der Waals surface area contributed by atoms with Crippen LogP contribution in [0, 0.1) is 0 Å². The van der Waals surface area contributed by atoms with E-state index < -0.39 is 16.0 Å². The molecule has 0 bridgehead atoms. The van der Waals surface area contributed by atoms with E-state index in [9.17, 15) is 13.2 Å². The number of ether oxygens (including phenoxy) is 1. The molecule has 0 aliphatic carbocycles. The van der Waals surface area contributed by atoms with E-state index in [4.69, 9.17) is 4.74 Å². The van der Waals surface area contributed by atoms with E-state index in [-0.39, 0.29) is 12.4 Å². The molecule has 0 aliphatic heterocycles. The molecule has 5 nitrogen and oxygen atoms in total. The van der Waals surface area contributed by atoms with Crippen LogP contribution in [0.15, 0.2) is 35.3 Å². The highest BCUT2D eigenvalue weighted by molar-refractivity contribution is 9.10. The third kappa shape index (κ3) is 4.68. The summed E-state index contributed by atoms with van der Waals surface area (Å²) < 4.78 is 30.9. The quantitative estimate of drug-likeness (QED) is 0.633. The molecule has 0 saturated heterocycles. The Labute approximate surface area is 120 Å². The smallest absolute Gasteiger partial charge is 0.338 e. The van der Waals surface area contributed by atoms with Gasteiger partial charge in [-0.2, -0.15) is 0 Å². The number of rotatable bonds is 6. The largest absolute Gasteiger partial charge is 0.462 e. The van der Waals surface area contributed by atoms with E-state index in [0.29, 0.717) is 15.7 Å². The Bertz CT molecular complexity index is 583. The van der Waals surface area contributed by atoms with E-state index in [1.165, 1.54) is 24.3 Å². The van der Waals surface area contributed by atoms with E-state index in [1.54, 1.807) is 6.92 Å². The van der Waals surface area contributed by atoms with E-state index in [2.05, 4.69) is 27.2 Å². The summed E-state index contributed by atoms with van der Waals surface area (Å²) in [5.74, 6) is -0.636. The van der Waals surface area contributed by atoms with Crippen molar-refractivity contribution < 1.29 is 17.9 Å². The summed E-state index contributed by atoms with van der Waals surface area (Å²) in [5.41, 5.74) is 0.704. The van der Waals surface area contributed by atoms with Crippen LogP contribution < -0.4 is 4.72 Å². The van der Waals surface area contributed by atoms with Crippen LogP contribution >= 0.6 is 15.9 Å². The molecule has 0 amide bonds. The monoisotopic (exact) mass is 347 g/mol.